The number of hydrogen-bond acceptors (Lipinski definition) is 4. The van der Waals surface area contributed by atoms with Crippen LogP contribution in [0, 0.1) is 0 Å². The Hall–Kier alpha value is -8.15. The van der Waals surface area contributed by atoms with E-state index < -0.39 is 5.41 Å². The van der Waals surface area contributed by atoms with Crippen LogP contribution in [-0.2, 0) is 5.41 Å². The molecule has 4 aliphatic rings. The molecular formula is C58H37N5. The Morgan fingerprint density at radius 3 is 1.65 bits per heavy atom. The van der Waals surface area contributed by atoms with Crippen molar-refractivity contribution in [1.29, 1.82) is 0 Å². The van der Waals surface area contributed by atoms with E-state index in [1.807, 2.05) is 36.4 Å². The molecule has 2 aromatic heterocycles. The van der Waals surface area contributed by atoms with Gasteiger partial charge in [-0.05, 0) is 74.3 Å². The first kappa shape index (κ1) is 34.6. The van der Waals surface area contributed by atoms with E-state index >= 15 is 0 Å². The predicted octanol–water partition coefficient (Wildman–Crippen LogP) is 13.4. The van der Waals surface area contributed by atoms with Gasteiger partial charge in [0.05, 0.1) is 28.2 Å². The molecule has 0 N–H and O–H groups in total. The van der Waals surface area contributed by atoms with Crippen LogP contribution in [0.4, 0.5) is 11.6 Å². The first-order valence-electron chi connectivity index (χ1n) is 21.8. The van der Waals surface area contributed by atoms with Crippen LogP contribution in [0.1, 0.15) is 33.7 Å². The van der Waals surface area contributed by atoms with Crippen LogP contribution in [0.5, 0.6) is 0 Å². The van der Waals surface area contributed by atoms with E-state index in [0.29, 0.717) is 17.6 Å². The number of para-hydroxylation sites is 1. The molecule has 0 amide bonds. The number of rotatable bonds is 4. The first-order chi connectivity index (χ1) is 31.3. The summed E-state index contributed by atoms with van der Waals surface area (Å²) in [6.07, 6.45) is 8.98. The SMILES string of the molecule is C1=CC2c3ccc4c(c3N(c3nc(-c5ccccc5)nc(-c5ccccc5)n3)C2C=C1)c1ccccc1n4-c1ccc2c(c1)C1(c3ccccc3-c3ccccc31)c1ccccc1-2. The fraction of sp³-hybridized carbons (Fsp3) is 0.0517. The summed E-state index contributed by atoms with van der Waals surface area (Å²) in [5, 5.41) is 2.38. The summed E-state index contributed by atoms with van der Waals surface area (Å²) in [6, 6.07) is 68.4. The number of hydrogen-bond donors (Lipinski definition) is 0. The van der Waals surface area contributed by atoms with E-state index in [1.54, 1.807) is 0 Å². The zero-order valence-corrected chi connectivity index (χ0v) is 34.1. The minimum absolute atomic E-state index is 0.0202. The Kier molecular flexibility index (Phi) is 7.09. The Labute approximate surface area is 364 Å². The van der Waals surface area contributed by atoms with Crippen molar-refractivity contribution in [2.24, 2.45) is 0 Å². The second-order valence-electron chi connectivity index (χ2n) is 17.0. The highest BCUT2D eigenvalue weighted by Gasteiger charge is 2.51. The molecule has 2 unspecified atom stereocenters. The molecule has 5 heteroatoms. The van der Waals surface area contributed by atoms with Crippen molar-refractivity contribution in [1.82, 2.24) is 19.5 Å². The molecule has 294 valence electrons. The van der Waals surface area contributed by atoms with Crippen molar-refractivity contribution >= 4 is 33.4 Å². The molecule has 1 aliphatic heterocycles. The van der Waals surface area contributed by atoms with E-state index in [2.05, 4.69) is 185 Å². The third kappa shape index (κ3) is 4.63. The fourth-order valence-electron chi connectivity index (χ4n) is 11.5. The van der Waals surface area contributed by atoms with Gasteiger partial charge in [-0.2, -0.15) is 9.97 Å². The van der Waals surface area contributed by atoms with Gasteiger partial charge < -0.3 is 9.47 Å². The minimum atomic E-state index is -0.439. The lowest BCUT2D eigenvalue weighted by Gasteiger charge is -2.30. The second-order valence-corrected chi connectivity index (χ2v) is 17.0. The van der Waals surface area contributed by atoms with Gasteiger partial charge in [0.25, 0.3) is 0 Å². The van der Waals surface area contributed by atoms with Crippen LogP contribution in [0.15, 0.2) is 212 Å². The maximum atomic E-state index is 5.33. The molecular weight excluding hydrogens is 767 g/mol. The van der Waals surface area contributed by atoms with E-state index in [4.69, 9.17) is 15.0 Å². The number of fused-ring (bicyclic) bond motifs is 17. The number of allylic oxidation sites excluding steroid dienone is 2. The zero-order chi connectivity index (χ0) is 41.2. The quantitative estimate of drug-likeness (QED) is 0.178. The Balaban J connectivity index is 1.03. The topological polar surface area (TPSA) is 46.8 Å². The highest BCUT2D eigenvalue weighted by Crippen LogP contribution is 2.63. The van der Waals surface area contributed by atoms with Crippen LogP contribution in [0.3, 0.4) is 0 Å². The lowest BCUT2D eigenvalue weighted by Crippen LogP contribution is -2.30. The number of aromatic nitrogens is 4. The molecule has 2 atom stereocenters. The van der Waals surface area contributed by atoms with Crippen LogP contribution < -0.4 is 4.90 Å². The molecule has 0 fully saturated rings. The van der Waals surface area contributed by atoms with Crippen molar-refractivity contribution in [3.8, 4) is 50.7 Å². The Morgan fingerprint density at radius 2 is 1.00 bits per heavy atom. The van der Waals surface area contributed by atoms with Crippen LogP contribution in [0.2, 0.25) is 0 Å². The van der Waals surface area contributed by atoms with Crippen molar-refractivity contribution in [3.63, 3.8) is 0 Å². The number of benzene rings is 8. The maximum Gasteiger partial charge on any atom is 0.234 e. The molecule has 5 nitrogen and oxygen atoms in total. The van der Waals surface area contributed by atoms with Crippen molar-refractivity contribution in [2.75, 3.05) is 4.90 Å². The van der Waals surface area contributed by atoms with Crippen molar-refractivity contribution < 1.29 is 0 Å². The maximum absolute atomic E-state index is 5.33. The molecule has 10 aromatic rings. The van der Waals surface area contributed by atoms with Gasteiger partial charge >= 0.3 is 0 Å². The van der Waals surface area contributed by atoms with Crippen molar-refractivity contribution in [2.45, 2.75) is 17.4 Å². The summed E-state index contributed by atoms with van der Waals surface area (Å²) >= 11 is 0. The normalized spacial score (nSPS) is 16.9. The van der Waals surface area contributed by atoms with Crippen LogP contribution >= 0.6 is 0 Å². The second kappa shape index (κ2) is 12.9. The summed E-state index contributed by atoms with van der Waals surface area (Å²) < 4.78 is 2.48. The summed E-state index contributed by atoms with van der Waals surface area (Å²) in [4.78, 5) is 18.1. The molecule has 1 spiro atoms. The lowest BCUT2D eigenvalue weighted by molar-refractivity contribution is 0.728. The average Bonchev–Trinajstić information content (AvgIpc) is 4.06. The summed E-state index contributed by atoms with van der Waals surface area (Å²) in [7, 11) is 0. The smallest absolute Gasteiger partial charge is 0.234 e. The molecule has 3 aliphatic carbocycles. The van der Waals surface area contributed by atoms with Crippen molar-refractivity contribution in [3.05, 3.63) is 240 Å². The molecule has 8 aromatic carbocycles. The monoisotopic (exact) mass is 803 g/mol. The Bertz CT molecular complexity index is 3480. The lowest BCUT2D eigenvalue weighted by atomic mass is 9.70. The van der Waals surface area contributed by atoms with Gasteiger partial charge in [0.2, 0.25) is 5.95 Å². The molecule has 0 radical (unpaired) electrons. The third-order valence-corrected chi connectivity index (χ3v) is 14.0. The zero-order valence-electron chi connectivity index (χ0n) is 34.1. The standard InChI is InChI=1S/C58H37N5/c1-3-17-36(18-4-1)55-59-56(37-19-5-2-6-20-37)61-57(60-55)63-50-29-15-10-24-43(50)44-33-34-52-53(54(44)63)45-25-11-16-30-51(45)62(52)38-31-32-42-41-23-9-14-28-48(41)58(49(42)35-38)46-26-12-7-21-39(46)40-22-8-13-27-47(40)58/h1-35,43,50H. The largest absolute Gasteiger partial charge is 0.309 e. The highest BCUT2D eigenvalue weighted by molar-refractivity contribution is 6.17. The highest BCUT2D eigenvalue weighted by atomic mass is 15.3. The van der Waals surface area contributed by atoms with Gasteiger partial charge in [-0.3, -0.25) is 0 Å². The summed E-state index contributed by atoms with van der Waals surface area (Å²) in [6.45, 7) is 0. The molecule has 0 saturated carbocycles. The predicted molar refractivity (Wildman–Crippen MR) is 255 cm³/mol. The molecule has 3 heterocycles. The van der Waals surface area contributed by atoms with E-state index in [1.165, 1.54) is 60.8 Å². The molecule has 0 bridgehead atoms. The van der Waals surface area contributed by atoms with Gasteiger partial charge in [0.15, 0.2) is 11.6 Å². The molecule has 63 heavy (non-hydrogen) atoms. The van der Waals surface area contributed by atoms with Gasteiger partial charge in [0.1, 0.15) is 0 Å². The number of anilines is 2. The van der Waals surface area contributed by atoms with E-state index in [-0.39, 0.29) is 12.0 Å². The van der Waals surface area contributed by atoms with E-state index in [9.17, 15) is 0 Å². The van der Waals surface area contributed by atoms with Gasteiger partial charge in [0, 0.05) is 33.5 Å². The van der Waals surface area contributed by atoms with Crippen LogP contribution in [0.25, 0.3) is 72.5 Å². The van der Waals surface area contributed by atoms with Gasteiger partial charge in [-0.1, -0.05) is 188 Å². The summed E-state index contributed by atoms with van der Waals surface area (Å²) in [5.74, 6) is 2.06. The minimum Gasteiger partial charge on any atom is -0.309 e. The number of nitrogens with zero attached hydrogens (tertiary/aromatic N) is 5. The van der Waals surface area contributed by atoms with Crippen LogP contribution in [-0.4, -0.2) is 25.6 Å². The average molecular weight is 804 g/mol. The third-order valence-electron chi connectivity index (χ3n) is 14.0. The summed E-state index contributed by atoms with van der Waals surface area (Å²) in [5.41, 5.74) is 17.9. The Morgan fingerprint density at radius 1 is 0.444 bits per heavy atom. The first-order valence-corrected chi connectivity index (χ1v) is 21.8. The van der Waals surface area contributed by atoms with Gasteiger partial charge in [-0.15, -0.1) is 0 Å². The molecule has 14 rings (SSSR count). The molecule has 0 saturated heterocycles. The van der Waals surface area contributed by atoms with Gasteiger partial charge in [-0.25, -0.2) is 4.98 Å². The fourth-order valence-corrected chi connectivity index (χ4v) is 11.5. The van der Waals surface area contributed by atoms with E-state index in [0.717, 1.165) is 33.5 Å².